The Balaban J connectivity index is 1.98. The molecule has 0 aliphatic heterocycles. The lowest BCUT2D eigenvalue weighted by atomic mass is 10.3. The first-order chi connectivity index (χ1) is 9.47. The van der Waals surface area contributed by atoms with Crippen LogP contribution in [-0.4, -0.2) is 26.0 Å². The highest BCUT2D eigenvalue weighted by molar-refractivity contribution is 8.00. The Morgan fingerprint density at radius 3 is 2.60 bits per heavy atom. The number of aryl methyl sites for hydroxylation is 1. The smallest absolute Gasteiger partial charge is 0.237 e. The fourth-order valence-corrected chi connectivity index (χ4v) is 2.23. The van der Waals surface area contributed by atoms with E-state index < -0.39 is 5.25 Å². The highest BCUT2D eigenvalue weighted by Crippen LogP contribution is 2.21. The van der Waals surface area contributed by atoms with E-state index >= 15 is 0 Å². The normalized spacial score (nSPS) is 12.2. The van der Waals surface area contributed by atoms with E-state index in [4.69, 9.17) is 5.84 Å². The van der Waals surface area contributed by atoms with Crippen molar-refractivity contribution in [3.63, 3.8) is 0 Å². The van der Waals surface area contributed by atoms with Gasteiger partial charge in [0.15, 0.2) is 0 Å². The summed E-state index contributed by atoms with van der Waals surface area (Å²) in [5.74, 6) is 5.72. The Labute approximate surface area is 119 Å². The molecule has 1 heterocycles. The Hall–Kier alpha value is -2.09. The number of benzene rings is 1. The first-order valence-corrected chi connectivity index (χ1v) is 6.75. The molecular weight excluding hydrogens is 281 g/mol. The molecule has 6 nitrogen and oxygen atoms in total. The van der Waals surface area contributed by atoms with E-state index in [9.17, 15) is 9.18 Å². The molecule has 0 saturated heterocycles. The summed E-state index contributed by atoms with van der Waals surface area (Å²) in [5.41, 5.74) is 0.536. The molecule has 0 aliphatic rings. The highest BCUT2D eigenvalue weighted by Gasteiger charge is 2.18. The van der Waals surface area contributed by atoms with Crippen molar-refractivity contribution in [1.29, 1.82) is 0 Å². The topological polar surface area (TPSA) is 85.8 Å². The monoisotopic (exact) mass is 295 g/mol. The molecule has 0 fully saturated rings. The highest BCUT2D eigenvalue weighted by atomic mass is 32.2. The number of thioether (sulfide) groups is 1. The van der Waals surface area contributed by atoms with E-state index in [1.165, 1.54) is 40.7 Å². The molecule has 106 valence electrons. The fourth-order valence-electron chi connectivity index (χ4n) is 1.42. The van der Waals surface area contributed by atoms with Gasteiger partial charge in [-0.15, -0.1) is 10.2 Å². The number of nitrogens with one attached hydrogen (secondary N) is 1. The van der Waals surface area contributed by atoms with Gasteiger partial charge < -0.3 is 11.2 Å². The molecule has 0 aliphatic carbocycles. The number of anilines is 1. The molecule has 8 heteroatoms. The number of amides is 1. The third-order valence-corrected chi connectivity index (χ3v) is 3.65. The van der Waals surface area contributed by atoms with Gasteiger partial charge in [0.05, 0.1) is 5.25 Å². The maximum Gasteiger partial charge on any atom is 0.237 e. The van der Waals surface area contributed by atoms with Crippen molar-refractivity contribution in [2.75, 3.05) is 11.2 Å². The molecule has 0 radical (unpaired) electrons. The predicted octanol–water partition coefficient (Wildman–Crippen LogP) is 1.56. The maximum absolute atomic E-state index is 12.8. The largest absolute Gasteiger partial charge is 0.336 e. The third-order valence-electron chi connectivity index (χ3n) is 2.60. The van der Waals surface area contributed by atoms with Crippen LogP contribution < -0.4 is 11.2 Å². The Morgan fingerprint density at radius 1 is 1.40 bits per heavy atom. The van der Waals surface area contributed by atoms with Gasteiger partial charge in [0.2, 0.25) is 11.1 Å². The van der Waals surface area contributed by atoms with Crippen molar-refractivity contribution >= 4 is 23.4 Å². The molecule has 0 bridgehead atoms. The van der Waals surface area contributed by atoms with Crippen LogP contribution in [0.4, 0.5) is 10.1 Å². The number of aromatic nitrogens is 3. The zero-order chi connectivity index (χ0) is 14.7. The summed E-state index contributed by atoms with van der Waals surface area (Å²) < 4.78 is 14.1. The van der Waals surface area contributed by atoms with Crippen molar-refractivity contribution in [3.8, 4) is 0 Å². The summed E-state index contributed by atoms with van der Waals surface area (Å²) >= 11 is 1.20. The molecule has 20 heavy (non-hydrogen) atoms. The molecular formula is C12H14FN5OS. The van der Waals surface area contributed by atoms with Crippen molar-refractivity contribution in [1.82, 2.24) is 14.9 Å². The van der Waals surface area contributed by atoms with Gasteiger partial charge in [-0.05, 0) is 38.1 Å². The standard InChI is InChI=1S/C12H14FN5OS/c1-7(20-12-17-16-8(2)18(12)14)11(19)15-10-5-3-9(13)4-6-10/h3-7H,14H2,1-2H3,(H,15,19)/t7-/m1/s1. The van der Waals surface area contributed by atoms with E-state index in [1.54, 1.807) is 13.8 Å². The summed E-state index contributed by atoms with van der Waals surface area (Å²) in [6, 6.07) is 5.57. The third kappa shape index (κ3) is 3.27. The van der Waals surface area contributed by atoms with Crippen LogP contribution in [0.15, 0.2) is 29.4 Å². The summed E-state index contributed by atoms with van der Waals surface area (Å²) in [6.07, 6.45) is 0. The lowest BCUT2D eigenvalue weighted by molar-refractivity contribution is -0.115. The van der Waals surface area contributed by atoms with Gasteiger partial charge in [-0.1, -0.05) is 11.8 Å². The molecule has 0 saturated carbocycles. The van der Waals surface area contributed by atoms with Gasteiger partial charge in [-0.3, -0.25) is 4.79 Å². The van der Waals surface area contributed by atoms with Crippen LogP contribution in [-0.2, 0) is 4.79 Å². The quantitative estimate of drug-likeness (QED) is 0.660. The van der Waals surface area contributed by atoms with E-state index in [1.807, 2.05) is 0 Å². The van der Waals surface area contributed by atoms with Crippen LogP contribution in [0.5, 0.6) is 0 Å². The van der Waals surface area contributed by atoms with Gasteiger partial charge in [0, 0.05) is 5.69 Å². The number of rotatable bonds is 4. The van der Waals surface area contributed by atoms with Crippen LogP contribution in [0.1, 0.15) is 12.7 Å². The molecule has 0 spiro atoms. The van der Waals surface area contributed by atoms with E-state index in [0.29, 0.717) is 16.7 Å². The predicted molar refractivity (Wildman–Crippen MR) is 75.3 cm³/mol. The second-order valence-electron chi connectivity index (χ2n) is 4.16. The van der Waals surface area contributed by atoms with Gasteiger partial charge in [-0.2, -0.15) is 0 Å². The molecule has 2 rings (SSSR count). The van der Waals surface area contributed by atoms with Crippen LogP contribution in [0.2, 0.25) is 0 Å². The molecule has 1 aromatic heterocycles. The molecule has 3 N–H and O–H groups in total. The number of nitrogens with zero attached hydrogens (tertiary/aromatic N) is 3. The number of carbonyl (C=O) groups is 1. The first kappa shape index (κ1) is 14.3. The lowest BCUT2D eigenvalue weighted by Gasteiger charge is -2.11. The minimum atomic E-state index is -0.411. The fraction of sp³-hybridized carbons (Fsp3) is 0.250. The van der Waals surface area contributed by atoms with Gasteiger partial charge in [0.1, 0.15) is 11.6 Å². The summed E-state index contributed by atoms with van der Waals surface area (Å²) in [4.78, 5) is 12.0. The number of halogens is 1. The average molecular weight is 295 g/mol. The van der Waals surface area contributed by atoms with Crippen LogP contribution in [0.3, 0.4) is 0 Å². The second kappa shape index (κ2) is 5.91. The van der Waals surface area contributed by atoms with E-state index in [2.05, 4.69) is 15.5 Å². The number of nitrogens with two attached hydrogens (primary N) is 1. The molecule has 1 atom stereocenters. The van der Waals surface area contributed by atoms with Crippen LogP contribution in [0.25, 0.3) is 0 Å². The minimum Gasteiger partial charge on any atom is -0.336 e. The van der Waals surface area contributed by atoms with Crippen LogP contribution >= 0.6 is 11.8 Å². The van der Waals surface area contributed by atoms with Crippen molar-refractivity contribution < 1.29 is 9.18 Å². The van der Waals surface area contributed by atoms with Gasteiger partial charge in [-0.25, -0.2) is 9.07 Å². The molecule has 1 amide bonds. The Morgan fingerprint density at radius 2 is 2.05 bits per heavy atom. The summed E-state index contributed by atoms with van der Waals surface area (Å²) in [5, 5.41) is 10.4. The zero-order valence-electron chi connectivity index (χ0n) is 11.0. The zero-order valence-corrected chi connectivity index (χ0v) is 11.8. The SMILES string of the molecule is Cc1nnc(S[C@H](C)C(=O)Nc2ccc(F)cc2)n1N. The van der Waals surface area contributed by atoms with Crippen molar-refractivity contribution in [3.05, 3.63) is 35.9 Å². The lowest BCUT2D eigenvalue weighted by Crippen LogP contribution is -2.23. The first-order valence-electron chi connectivity index (χ1n) is 5.87. The second-order valence-corrected chi connectivity index (χ2v) is 5.46. The van der Waals surface area contributed by atoms with Crippen molar-refractivity contribution in [2.24, 2.45) is 0 Å². The molecule has 0 unspecified atom stereocenters. The maximum atomic E-state index is 12.8. The molecule has 1 aromatic carbocycles. The Kier molecular flexibility index (Phi) is 4.23. The van der Waals surface area contributed by atoms with Crippen LogP contribution in [0, 0.1) is 12.7 Å². The number of nitrogen functional groups attached to an aromatic ring is 1. The van der Waals surface area contributed by atoms with E-state index in [0.717, 1.165) is 0 Å². The number of hydrogen-bond donors (Lipinski definition) is 2. The van der Waals surface area contributed by atoms with Gasteiger partial charge in [0.25, 0.3) is 0 Å². The molecule has 2 aromatic rings. The Bertz CT molecular complexity index is 613. The summed E-state index contributed by atoms with van der Waals surface area (Å²) in [6.45, 7) is 3.45. The summed E-state index contributed by atoms with van der Waals surface area (Å²) in [7, 11) is 0. The van der Waals surface area contributed by atoms with E-state index in [-0.39, 0.29) is 11.7 Å². The average Bonchev–Trinajstić information content (AvgIpc) is 2.73. The van der Waals surface area contributed by atoms with Crippen molar-refractivity contribution in [2.45, 2.75) is 24.3 Å². The number of carbonyl (C=O) groups excluding carboxylic acids is 1. The number of hydrogen-bond acceptors (Lipinski definition) is 5. The van der Waals surface area contributed by atoms with Gasteiger partial charge >= 0.3 is 0 Å². The minimum absolute atomic E-state index is 0.220.